The summed E-state index contributed by atoms with van der Waals surface area (Å²) in [4.78, 5) is 17.8. The minimum atomic E-state index is -4.83. The predicted molar refractivity (Wildman–Crippen MR) is 112 cm³/mol. The number of thiophene rings is 2. The van der Waals surface area contributed by atoms with Gasteiger partial charge in [-0.2, -0.15) is 13.2 Å². The number of carbonyl (C=O) groups excluding carboxylic acids is 1. The number of fused-ring (bicyclic) bond motifs is 1. The summed E-state index contributed by atoms with van der Waals surface area (Å²) < 4.78 is 47.5. The fourth-order valence-corrected chi connectivity index (χ4v) is 7.01. The summed E-state index contributed by atoms with van der Waals surface area (Å²) in [5.74, 6) is -0.508. The van der Waals surface area contributed by atoms with Crippen molar-refractivity contribution in [1.29, 1.82) is 0 Å². The highest BCUT2D eigenvalue weighted by Gasteiger charge is 2.64. The molecule has 0 saturated carbocycles. The van der Waals surface area contributed by atoms with E-state index >= 15 is 0 Å². The van der Waals surface area contributed by atoms with Gasteiger partial charge in [-0.15, -0.1) is 22.7 Å². The quantitative estimate of drug-likeness (QED) is 0.410. The lowest BCUT2D eigenvalue weighted by Gasteiger charge is -2.28. The number of ether oxygens (including phenoxy) is 1. The van der Waals surface area contributed by atoms with E-state index < -0.39 is 24.2 Å². The van der Waals surface area contributed by atoms with Crippen LogP contribution in [0.15, 0.2) is 5.16 Å². The van der Waals surface area contributed by atoms with Crippen molar-refractivity contribution in [3.05, 3.63) is 40.1 Å². The Balaban J connectivity index is 1.80. The Morgan fingerprint density at radius 2 is 1.80 bits per heavy atom. The van der Waals surface area contributed by atoms with Gasteiger partial charge in [0.2, 0.25) is 0 Å². The van der Waals surface area contributed by atoms with Crippen molar-refractivity contribution in [2.75, 3.05) is 7.11 Å². The average molecular weight is 519 g/mol. The second-order valence-corrected chi connectivity index (χ2v) is 10.3. The van der Waals surface area contributed by atoms with Crippen LogP contribution in [-0.4, -0.2) is 25.0 Å². The Morgan fingerprint density at radius 3 is 2.37 bits per heavy atom. The van der Waals surface area contributed by atoms with Crippen molar-refractivity contribution in [2.45, 2.75) is 43.9 Å². The molecule has 1 aliphatic heterocycles. The highest BCUT2D eigenvalue weighted by atomic mass is 35.5. The molecule has 4 nitrogen and oxygen atoms in total. The third-order valence-corrected chi connectivity index (χ3v) is 9.18. The molecule has 4 rings (SSSR count). The van der Waals surface area contributed by atoms with Crippen LogP contribution in [0, 0.1) is 0 Å². The van der Waals surface area contributed by atoms with E-state index in [4.69, 9.17) is 44.4 Å². The maximum absolute atomic E-state index is 14.2. The molecule has 2 aromatic rings. The molecule has 2 aliphatic rings. The highest BCUT2D eigenvalue weighted by molar-refractivity contribution is 7.18. The molecule has 0 bridgehead atoms. The van der Waals surface area contributed by atoms with Crippen LogP contribution in [0.4, 0.5) is 13.2 Å². The molecule has 0 N–H and O–H groups in total. The van der Waals surface area contributed by atoms with Gasteiger partial charge in [-0.3, -0.25) is 0 Å². The molecular formula is C18H13Cl3F3NO3S2. The van der Waals surface area contributed by atoms with Crippen LogP contribution in [-0.2, 0) is 28.0 Å². The van der Waals surface area contributed by atoms with Gasteiger partial charge in [0.1, 0.15) is 14.9 Å². The molecule has 2 aromatic heterocycles. The minimum absolute atomic E-state index is 0.0566. The largest absolute Gasteiger partial charge is 0.465 e. The molecule has 1 unspecified atom stereocenters. The van der Waals surface area contributed by atoms with Gasteiger partial charge in [0.15, 0.2) is 0 Å². The van der Waals surface area contributed by atoms with Crippen LogP contribution in [0.25, 0.3) is 0 Å². The number of esters is 1. The number of methoxy groups -OCH3 is 1. The molecule has 1 atom stereocenters. The van der Waals surface area contributed by atoms with E-state index in [9.17, 15) is 18.0 Å². The SMILES string of the molecule is COC(=O)c1sc(C2=NOC(c3sc(Cl)c(Cl)c3Cl)(C(F)(F)F)C2)c2c1CCCC2. The van der Waals surface area contributed by atoms with E-state index in [0.717, 1.165) is 35.3 Å². The van der Waals surface area contributed by atoms with Crippen LogP contribution >= 0.6 is 57.5 Å². The Morgan fingerprint density at radius 1 is 1.13 bits per heavy atom. The molecule has 30 heavy (non-hydrogen) atoms. The summed E-state index contributed by atoms with van der Waals surface area (Å²) in [5, 5.41) is 3.35. The summed E-state index contributed by atoms with van der Waals surface area (Å²) >= 11 is 19.6. The van der Waals surface area contributed by atoms with Gasteiger partial charge in [-0.25, -0.2) is 4.79 Å². The van der Waals surface area contributed by atoms with Crippen LogP contribution in [0.1, 0.15) is 49.8 Å². The van der Waals surface area contributed by atoms with Gasteiger partial charge in [-0.05, 0) is 36.8 Å². The third kappa shape index (κ3) is 3.33. The Bertz CT molecular complexity index is 1060. The van der Waals surface area contributed by atoms with E-state index in [1.807, 2.05) is 0 Å². The third-order valence-electron chi connectivity index (χ3n) is 5.16. The molecule has 0 radical (unpaired) electrons. The van der Waals surface area contributed by atoms with Crippen molar-refractivity contribution in [1.82, 2.24) is 0 Å². The fourth-order valence-electron chi connectivity index (χ4n) is 3.70. The predicted octanol–water partition coefficient (Wildman–Crippen LogP) is 7.02. The summed E-state index contributed by atoms with van der Waals surface area (Å²) in [6.45, 7) is 0. The van der Waals surface area contributed by atoms with Crippen molar-refractivity contribution >= 4 is 69.2 Å². The number of rotatable bonds is 3. The number of hydrogen-bond acceptors (Lipinski definition) is 6. The summed E-state index contributed by atoms with van der Waals surface area (Å²) in [7, 11) is 1.27. The number of hydrogen-bond donors (Lipinski definition) is 0. The lowest BCUT2D eigenvalue weighted by molar-refractivity contribution is -0.274. The lowest BCUT2D eigenvalue weighted by Crippen LogP contribution is -2.42. The molecule has 0 aromatic carbocycles. The standard InChI is InChI=1S/C18H13Cl3F3NO3S2/c1-27-16(26)13-8-5-3-2-4-7(8)12(29-13)9-6-17(28-25-9,18(22,23)24)14-10(19)11(20)15(21)30-14/h2-6H2,1H3. The maximum atomic E-state index is 14.2. The first-order valence-corrected chi connectivity index (χ1v) is 11.6. The van der Waals surface area contributed by atoms with E-state index in [-0.39, 0.29) is 25.0 Å². The van der Waals surface area contributed by atoms with Crippen LogP contribution < -0.4 is 0 Å². The molecule has 0 spiro atoms. The number of alkyl halides is 3. The molecule has 12 heteroatoms. The average Bonchev–Trinajstić information content (AvgIpc) is 3.38. The van der Waals surface area contributed by atoms with Crippen molar-refractivity contribution in [3.63, 3.8) is 0 Å². The molecule has 1 aliphatic carbocycles. The van der Waals surface area contributed by atoms with Crippen molar-refractivity contribution in [3.8, 4) is 0 Å². The highest BCUT2D eigenvalue weighted by Crippen LogP contribution is 2.56. The first-order chi connectivity index (χ1) is 14.1. The maximum Gasteiger partial charge on any atom is 0.436 e. The number of oxime groups is 1. The summed E-state index contributed by atoms with van der Waals surface area (Å²) in [6, 6.07) is 0. The van der Waals surface area contributed by atoms with Gasteiger partial charge in [0, 0.05) is 0 Å². The zero-order valence-corrected chi connectivity index (χ0v) is 19.2. The van der Waals surface area contributed by atoms with Gasteiger partial charge in [0.25, 0.3) is 5.60 Å². The van der Waals surface area contributed by atoms with Crippen molar-refractivity contribution in [2.24, 2.45) is 5.16 Å². The second-order valence-electron chi connectivity index (χ2n) is 6.88. The topological polar surface area (TPSA) is 47.9 Å². The fraction of sp³-hybridized carbons (Fsp3) is 0.444. The van der Waals surface area contributed by atoms with Gasteiger partial charge >= 0.3 is 12.1 Å². The first kappa shape index (κ1) is 22.2. The Labute approximate surface area is 192 Å². The monoisotopic (exact) mass is 517 g/mol. The number of carbonyl (C=O) groups is 1. The zero-order chi connectivity index (χ0) is 21.8. The second kappa shape index (κ2) is 7.85. The van der Waals surface area contributed by atoms with E-state index in [1.165, 1.54) is 7.11 Å². The van der Waals surface area contributed by atoms with Crippen LogP contribution in [0.3, 0.4) is 0 Å². The van der Waals surface area contributed by atoms with Gasteiger partial charge in [-0.1, -0.05) is 40.0 Å². The molecule has 0 fully saturated rings. The Hall–Kier alpha value is -1.00. The zero-order valence-electron chi connectivity index (χ0n) is 15.3. The molecular weight excluding hydrogens is 506 g/mol. The first-order valence-electron chi connectivity index (χ1n) is 8.79. The molecule has 0 saturated heterocycles. The summed E-state index contributed by atoms with van der Waals surface area (Å²) in [5.41, 5.74) is -1.03. The van der Waals surface area contributed by atoms with E-state index in [0.29, 0.717) is 33.9 Å². The van der Waals surface area contributed by atoms with E-state index in [2.05, 4.69) is 5.16 Å². The smallest absolute Gasteiger partial charge is 0.436 e. The molecule has 3 heterocycles. The number of halogens is 6. The normalized spacial score (nSPS) is 21.2. The summed E-state index contributed by atoms with van der Waals surface area (Å²) in [6.07, 6.45) is -2.36. The van der Waals surface area contributed by atoms with Crippen molar-refractivity contribution < 1.29 is 27.5 Å². The van der Waals surface area contributed by atoms with Gasteiger partial charge < -0.3 is 9.57 Å². The van der Waals surface area contributed by atoms with Crippen LogP contribution in [0.2, 0.25) is 14.4 Å². The van der Waals surface area contributed by atoms with E-state index in [1.54, 1.807) is 0 Å². The molecule has 162 valence electrons. The number of nitrogens with zero attached hydrogens (tertiary/aromatic N) is 1. The van der Waals surface area contributed by atoms with Gasteiger partial charge in [0.05, 0.1) is 33.3 Å². The lowest BCUT2D eigenvalue weighted by atomic mass is 9.88. The van der Waals surface area contributed by atoms with Crippen LogP contribution in [0.5, 0.6) is 0 Å². The Kier molecular flexibility index (Phi) is 5.81. The minimum Gasteiger partial charge on any atom is -0.465 e. The molecule has 0 amide bonds.